The Kier molecular flexibility index (Phi) is 5.31. The van der Waals surface area contributed by atoms with Crippen molar-refractivity contribution in [3.8, 4) is 0 Å². The van der Waals surface area contributed by atoms with Crippen molar-refractivity contribution in [2.45, 2.75) is 71.9 Å². The second-order valence-electron chi connectivity index (χ2n) is 7.31. The Hall–Kier alpha value is -0.610. The molecule has 0 aromatic heterocycles. The van der Waals surface area contributed by atoms with E-state index in [2.05, 4.69) is 31.4 Å². The molecular weight excluding hydrogens is 264 g/mol. The summed E-state index contributed by atoms with van der Waals surface area (Å²) in [6.45, 7) is 11.3. The molecule has 21 heavy (non-hydrogen) atoms. The van der Waals surface area contributed by atoms with Gasteiger partial charge in [0, 0.05) is 18.1 Å². The molecule has 2 aliphatic rings. The van der Waals surface area contributed by atoms with Crippen LogP contribution in [-0.4, -0.2) is 37.7 Å². The van der Waals surface area contributed by atoms with Crippen LogP contribution in [0.2, 0.25) is 0 Å². The van der Waals surface area contributed by atoms with Crippen molar-refractivity contribution in [3.63, 3.8) is 0 Å². The molecule has 2 rings (SSSR count). The summed E-state index contributed by atoms with van der Waals surface area (Å²) in [5.41, 5.74) is -0.0984. The lowest BCUT2D eigenvalue weighted by atomic mass is 9.63. The highest BCUT2D eigenvalue weighted by Gasteiger charge is 2.51. The standard InChI is InChI=1S/C17H32N2O2/c1-5-7-17(8-10-18-11-9-17)15(20)19-13-12-14(21-6-2)16(13,3)4/h13-14,18H,5-12H2,1-4H3,(H,19,20). The minimum atomic E-state index is -0.146. The zero-order valence-electron chi connectivity index (χ0n) is 14.1. The molecular formula is C17H32N2O2. The molecule has 2 unspecified atom stereocenters. The molecule has 4 nitrogen and oxygen atoms in total. The molecule has 2 N–H and O–H groups in total. The molecule has 0 bridgehead atoms. The Morgan fingerprint density at radius 3 is 2.48 bits per heavy atom. The number of carbonyl (C=O) groups excluding carboxylic acids is 1. The van der Waals surface area contributed by atoms with Gasteiger partial charge in [0.2, 0.25) is 5.91 Å². The number of piperidine rings is 1. The van der Waals surface area contributed by atoms with Gasteiger partial charge in [-0.3, -0.25) is 4.79 Å². The van der Waals surface area contributed by atoms with E-state index in [4.69, 9.17) is 4.74 Å². The first-order chi connectivity index (χ1) is 9.96. The summed E-state index contributed by atoms with van der Waals surface area (Å²) in [5.74, 6) is 0.277. The second-order valence-corrected chi connectivity index (χ2v) is 7.31. The number of hydrogen-bond acceptors (Lipinski definition) is 3. The van der Waals surface area contributed by atoms with Crippen molar-refractivity contribution < 1.29 is 9.53 Å². The first kappa shape index (κ1) is 16.8. The van der Waals surface area contributed by atoms with Gasteiger partial charge in [-0.25, -0.2) is 0 Å². The summed E-state index contributed by atoms with van der Waals surface area (Å²) in [6, 6.07) is 0.255. The fraction of sp³-hybridized carbons (Fsp3) is 0.941. The number of rotatable bonds is 6. The van der Waals surface area contributed by atoms with Crippen molar-refractivity contribution in [2.24, 2.45) is 10.8 Å². The van der Waals surface area contributed by atoms with Crippen molar-refractivity contribution in [2.75, 3.05) is 19.7 Å². The van der Waals surface area contributed by atoms with Crippen LogP contribution in [0.5, 0.6) is 0 Å². The minimum Gasteiger partial charge on any atom is -0.378 e. The Morgan fingerprint density at radius 2 is 1.95 bits per heavy atom. The average Bonchev–Trinajstić information content (AvgIpc) is 2.47. The van der Waals surface area contributed by atoms with E-state index in [0.29, 0.717) is 0 Å². The van der Waals surface area contributed by atoms with Gasteiger partial charge in [-0.15, -0.1) is 0 Å². The number of hydrogen-bond donors (Lipinski definition) is 2. The third kappa shape index (κ3) is 3.26. The van der Waals surface area contributed by atoms with Crippen LogP contribution in [0, 0.1) is 10.8 Å². The van der Waals surface area contributed by atoms with Crippen LogP contribution in [0.15, 0.2) is 0 Å². The number of nitrogens with one attached hydrogen (secondary N) is 2. The van der Waals surface area contributed by atoms with Crippen LogP contribution in [0.1, 0.15) is 59.8 Å². The summed E-state index contributed by atoms with van der Waals surface area (Å²) in [4.78, 5) is 12.9. The summed E-state index contributed by atoms with van der Waals surface area (Å²) >= 11 is 0. The lowest BCUT2D eigenvalue weighted by molar-refractivity contribution is -0.146. The van der Waals surface area contributed by atoms with E-state index in [9.17, 15) is 4.79 Å². The molecule has 4 heteroatoms. The Bertz CT molecular complexity index is 356. The Balaban J connectivity index is 1.97. The van der Waals surface area contributed by atoms with E-state index >= 15 is 0 Å². The van der Waals surface area contributed by atoms with E-state index < -0.39 is 0 Å². The van der Waals surface area contributed by atoms with Gasteiger partial charge in [-0.2, -0.15) is 0 Å². The average molecular weight is 296 g/mol. The first-order valence-electron chi connectivity index (χ1n) is 8.59. The summed E-state index contributed by atoms with van der Waals surface area (Å²) < 4.78 is 5.76. The normalized spacial score (nSPS) is 30.5. The Labute approximate surface area is 129 Å². The minimum absolute atomic E-state index is 0.0476. The molecule has 0 radical (unpaired) electrons. The third-order valence-corrected chi connectivity index (χ3v) is 5.62. The Morgan fingerprint density at radius 1 is 1.29 bits per heavy atom. The maximum Gasteiger partial charge on any atom is 0.226 e. The topological polar surface area (TPSA) is 50.4 Å². The highest BCUT2D eigenvalue weighted by Crippen LogP contribution is 2.44. The smallest absolute Gasteiger partial charge is 0.226 e. The highest BCUT2D eigenvalue weighted by atomic mass is 16.5. The summed E-state index contributed by atoms with van der Waals surface area (Å²) in [5, 5.41) is 6.72. The quantitative estimate of drug-likeness (QED) is 0.791. The lowest BCUT2D eigenvalue weighted by Crippen LogP contribution is -2.64. The fourth-order valence-corrected chi connectivity index (χ4v) is 3.90. The van der Waals surface area contributed by atoms with Gasteiger partial charge in [0.25, 0.3) is 0 Å². The third-order valence-electron chi connectivity index (χ3n) is 5.62. The molecule has 2 fully saturated rings. The molecule has 1 aliphatic carbocycles. The number of carbonyl (C=O) groups is 1. The van der Waals surface area contributed by atoms with Gasteiger partial charge < -0.3 is 15.4 Å². The molecule has 1 aliphatic heterocycles. The monoisotopic (exact) mass is 296 g/mol. The van der Waals surface area contributed by atoms with E-state index in [1.807, 2.05) is 6.92 Å². The van der Waals surface area contributed by atoms with Crippen LogP contribution < -0.4 is 10.6 Å². The van der Waals surface area contributed by atoms with Crippen LogP contribution in [0.3, 0.4) is 0 Å². The first-order valence-corrected chi connectivity index (χ1v) is 8.59. The zero-order chi connectivity index (χ0) is 15.5. The van der Waals surface area contributed by atoms with Crippen molar-refractivity contribution in [3.05, 3.63) is 0 Å². The van der Waals surface area contributed by atoms with Crippen LogP contribution in [0.25, 0.3) is 0 Å². The van der Waals surface area contributed by atoms with E-state index in [1.54, 1.807) is 0 Å². The summed E-state index contributed by atoms with van der Waals surface area (Å²) in [7, 11) is 0. The molecule has 122 valence electrons. The predicted octanol–water partition coefficient (Wildman–Crippen LogP) is 2.48. The largest absolute Gasteiger partial charge is 0.378 e. The predicted molar refractivity (Wildman–Crippen MR) is 85.2 cm³/mol. The molecule has 0 aromatic carbocycles. The van der Waals surface area contributed by atoms with Crippen molar-refractivity contribution >= 4 is 5.91 Å². The maximum atomic E-state index is 12.9. The van der Waals surface area contributed by atoms with Crippen LogP contribution >= 0.6 is 0 Å². The molecule has 1 heterocycles. The SMILES string of the molecule is CCCC1(C(=O)NC2CC(OCC)C2(C)C)CCNCC1. The summed E-state index contributed by atoms with van der Waals surface area (Å²) in [6.07, 6.45) is 5.24. The molecule has 1 saturated heterocycles. The van der Waals surface area contributed by atoms with Gasteiger partial charge in [-0.05, 0) is 45.7 Å². The molecule has 2 atom stereocenters. The van der Waals surface area contributed by atoms with Gasteiger partial charge in [-0.1, -0.05) is 27.2 Å². The highest BCUT2D eigenvalue weighted by molar-refractivity contribution is 5.83. The molecule has 0 spiro atoms. The van der Waals surface area contributed by atoms with Crippen LogP contribution in [0.4, 0.5) is 0 Å². The van der Waals surface area contributed by atoms with Crippen LogP contribution in [-0.2, 0) is 9.53 Å². The molecule has 0 aromatic rings. The molecule has 1 saturated carbocycles. The molecule has 1 amide bonds. The van der Waals surface area contributed by atoms with Crippen molar-refractivity contribution in [1.29, 1.82) is 0 Å². The fourth-order valence-electron chi connectivity index (χ4n) is 3.90. The maximum absolute atomic E-state index is 12.9. The zero-order valence-corrected chi connectivity index (χ0v) is 14.1. The number of ether oxygens (including phenoxy) is 1. The van der Waals surface area contributed by atoms with Crippen molar-refractivity contribution in [1.82, 2.24) is 10.6 Å². The number of amides is 1. The van der Waals surface area contributed by atoms with Gasteiger partial charge >= 0.3 is 0 Å². The van der Waals surface area contributed by atoms with E-state index in [1.165, 1.54) is 0 Å². The van der Waals surface area contributed by atoms with Gasteiger partial charge in [0.05, 0.1) is 11.5 Å². The lowest BCUT2D eigenvalue weighted by Gasteiger charge is -2.52. The van der Waals surface area contributed by atoms with E-state index in [0.717, 1.165) is 51.8 Å². The van der Waals surface area contributed by atoms with E-state index in [-0.39, 0.29) is 28.9 Å². The second kappa shape index (κ2) is 6.66. The van der Waals surface area contributed by atoms with Gasteiger partial charge in [0.1, 0.15) is 0 Å². The van der Waals surface area contributed by atoms with Gasteiger partial charge in [0.15, 0.2) is 0 Å².